The quantitative estimate of drug-likeness (QED) is 0.670. The second-order valence-electron chi connectivity index (χ2n) is 6.53. The van der Waals surface area contributed by atoms with E-state index in [9.17, 15) is 19.8 Å². The van der Waals surface area contributed by atoms with Crippen molar-refractivity contribution in [2.75, 3.05) is 5.75 Å². The Labute approximate surface area is 137 Å². The van der Waals surface area contributed by atoms with E-state index in [1.165, 1.54) is 0 Å². The van der Waals surface area contributed by atoms with Gasteiger partial charge in [0.25, 0.3) is 0 Å². The SMILES string of the molecule is CC(C)(C)c1ccc(C(=O)O)c(CC(CCCS)C(=O)O)c1. The molecule has 1 unspecified atom stereocenters. The lowest BCUT2D eigenvalue weighted by Gasteiger charge is -2.22. The molecule has 0 saturated carbocycles. The van der Waals surface area contributed by atoms with Gasteiger partial charge in [-0.05, 0) is 47.6 Å². The van der Waals surface area contributed by atoms with Crippen molar-refractivity contribution in [2.45, 2.75) is 45.4 Å². The number of carboxylic acid groups (broad SMARTS) is 2. The molecule has 0 radical (unpaired) electrons. The highest BCUT2D eigenvalue weighted by molar-refractivity contribution is 7.80. The molecule has 0 aliphatic rings. The molecule has 0 aliphatic carbocycles. The van der Waals surface area contributed by atoms with Crippen molar-refractivity contribution in [3.05, 3.63) is 34.9 Å². The minimum Gasteiger partial charge on any atom is -0.481 e. The Morgan fingerprint density at radius 3 is 2.32 bits per heavy atom. The average Bonchev–Trinajstić information content (AvgIpc) is 2.41. The number of carbonyl (C=O) groups is 2. The highest BCUT2D eigenvalue weighted by Gasteiger charge is 2.23. The van der Waals surface area contributed by atoms with E-state index in [0.717, 1.165) is 5.56 Å². The molecule has 0 aromatic heterocycles. The standard InChI is InChI=1S/C17H24O4S/c1-17(2,3)13-6-7-14(16(20)21)12(10-13)9-11(15(18)19)5-4-8-22/h6-7,10-11,22H,4-5,8-9H2,1-3H3,(H,18,19)(H,20,21). The summed E-state index contributed by atoms with van der Waals surface area (Å²) in [6, 6.07) is 5.21. The summed E-state index contributed by atoms with van der Waals surface area (Å²) in [4.78, 5) is 22.8. The zero-order valence-corrected chi connectivity index (χ0v) is 14.2. The third kappa shape index (κ3) is 5.05. The smallest absolute Gasteiger partial charge is 0.335 e. The predicted octanol–water partition coefficient (Wildman–Crippen LogP) is 3.64. The van der Waals surface area contributed by atoms with Gasteiger partial charge in [0.15, 0.2) is 0 Å². The van der Waals surface area contributed by atoms with E-state index in [4.69, 9.17) is 0 Å². The van der Waals surface area contributed by atoms with E-state index in [1.807, 2.05) is 26.8 Å². The number of hydrogen-bond acceptors (Lipinski definition) is 3. The Bertz CT molecular complexity index is 546. The average molecular weight is 324 g/mol. The fourth-order valence-electron chi connectivity index (χ4n) is 2.35. The molecule has 1 aromatic rings. The summed E-state index contributed by atoms with van der Waals surface area (Å²) in [5.74, 6) is -1.87. The van der Waals surface area contributed by atoms with Gasteiger partial charge >= 0.3 is 11.9 Å². The Hall–Kier alpha value is -1.49. The first-order valence-electron chi connectivity index (χ1n) is 7.37. The molecule has 0 bridgehead atoms. The third-order valence-corrected chi connectivity index (χ3v) is 4.04. The number of benzene rings is 1. The van der Waals surface area contributed by atoms with Gasteiger partial charge in [-0.1, -0.05) is 32.9 Å². The van der Waals surface area contributed by atoms with Gasteiger partial charge in [0.2, 0.25) is 0 Å². The molecule has 0 heterocycles. The molecular weight excluding hydrogens is 300 g/mol. The lowest BCUT2D eigenvalue weighted by molar-refractivity contribution is -0.141. The minimum absolute atomic E-state index is 0.115. The Morgan fingerprint density at radius 2 is 1.86 bits per heavy atom. The molecule has 0 fully saturated rings. The van der Waals surface area contributed by atoms with Crippen molar-refractivity contribution in [1.29, 1.82) is 0 Å². The maximum atomic E-state index is 11.4. The van der Waals surface area contributed by atoms with Crippen LogP contribution in [0.4, 0.5) is 0 Å². The first kappa shape index (κ1) is 18.6. The Balaban J connectivity index is 3.17. The van der Waals surface area contributed by atoms with Crippen LogP contribution in [-0.2, 0) is 16.6 Å². The lowest BCUT2D eigenvalue weighted by atomic mass is 9.83. The number of aromatic carboxylic acids is 1. The van der Waals surface area contributed by atoms with Crippen LogP contribution in [0.2, 0.25) is 0 Å². The molecule has 0 aliphatic heterocycles. The maximum Gasteiger partial charge on any atom is 0.335 e. The summed E-state index contributed by atoms with van der Waals surface area (Å²) >= 11 is 4.11. The van der Waals surface area contributed by atoms with E-state index in [1.54, 1.807) is 12.1 Å². The summed E-state index contributed by atoms with van der Waals surface area (Å²) in [6.07, 6.45) is 1.42. The predicted molar refractivity (Wildman–Crippen MR) is 90.0 cm³/mol. The van der Waals surface area contributed by atoms with Gasteiger partial charge in [0.1, 0.15) is 0 Å². The van der Waals surface area contributed by atoms with Crippen LogP contribution in [0.1, 0.15) is 55.1 Å². The van der Waals surface area contributed by atoms with Crippen LogP contribution in [-0.4, -0.2) is 27.9 Å². The summed E-state index contributed by atoms with van der Waals surface area (Å²) < 4.78 is 0. The lowest BCUT2D eigenvalue weighted by Crippen LogP contribution is -2.20. The molecule has 0 amide bonds. The molecule has 1 rings (SSSR count). The van der Waals surface area contributed by atoms with Crippen molar-refractivity contribution in [3.8, 4) is 0 Å². The molecular formula is C17H24O4S. The third-order valence-electron chi connectivity index (χ3n) is 3.73. The van der Waals surface area contributed by atoms with E-state index < -0.39 is 17.9 Å². The maximum absolute atomic E-state index is 11.4. The van der Waals surface area contributed by atoms with Crippen molar-refractivity contribution < 1.29 is 19.8 Å². The van der Waals surface area contributed by atoms with Gasteiger partial charge < -0.3 is 10.2 Å². The topological polar surface area (TPSA) is 74.6 Å². The van der Waals surface area contributed by atoms with Crippen LogP contribution in [0.15, 0.2) is 18.2 Å². The van der Waals surface area contributed by atoms with E-state index in [2.05, 4.69) is 12.6 Å². The number of rotatable bonds is 7. The molecule has 0 saturated heterocycles. The summed E-state index contributed by atoms with van der Waals surface area (Å²) in [5, 5.41) is 18.7. The fourth-order valence-corrected chi connectivity index (χ4v) is 2.54. The zero-order valence-electron chi connectivity index (χ0n) is 13.3. The molecule has 1 aromatic carbocycles. The van der Waals surface area contributed by atoms with Crippen molar-refractivity contribution in [2.24, 2.45) is 5.92 Å². The van der Waals surface area contributed by atoms with E-state index in [0.29, 0.717) is 24.2 Å². The molecule has 122 valence electrons. The largest absolute Gasteiger partial charge is 0.481 e. The first-order valence-corrected chi connectivity index (χ1v) is 8.00. The van der Waals surface area contributed by atoms with E-state index >= 15 is 0 Å². The van der Waals surface area contributed by atoms with Crippen molar-refractivity contribution in [1.82, 2.24) is 0 Å². The summed E-state index contributed by atoms with van der Waals surface area (Å²) in [7, 11) is 0. The van der Waals surface area contributed by atoms with Crippen molar-refractivity contribution in [3.63, 3.8) is 0 Å². The molecule has 5 heteroatoms. The van der Waals surface area contributed by atoms with Crippen LogP contribution in [0, 0.1) is 5.92 Å². The minimum atomic E-state index is -1.02. The van der Waals surface area contributed by atoms with Crippen LogP contribution in [0.25, 0.3) is 0 Å². The van der Waals surface area contributed by atoms with E-state index in [-0.39, 0.29) is 17.4 Å². The van der Waals surface area contributed by atoms with Gasteiger partial charge in [-0.25, -0.2) is 4.79 Å². The molecule has 0 spiro atoms. The summed E-state index contributed by atoms with van der Waals surface area (Å²) in [5.41, 5.74) is 1.66. The van der Waals surface area contributed by atoms with Crippen LogP contribution < -0.4 is 0 Å². The second-order valence-corrected chi connectivity index (χ2v) is 6.98. The highest BCUT2D eigenvalue weighted by Crippen LogP contribution is 2.27. The summed E-state index contributed by atoms with van der Waals surface area (Å²) in [6.45, 7) is 6.13. The Kier molecular flexibility index (Phi) is 6.48. The molecule has 1 atom stereocenters. The Morgan fingerprint density at radius 1 is 1.23 bits per heavy atom. The number of hydrogen-bond donors (Lipinski definition) is 3. The van der Waals surface area contributed by atoms with Crippen LogP contribution in [0.3, 0.4) is 0 Å². The van der Waals surface area contributed by atoms with Gasteiger partial charge in [-0.2, -0.15) is 12.6 Å². The molecule has 4 nitrogen and oxygen atoms in total. The number of thiol groups is 1. The zero-order chi connectivity index (χ0) is 16.9. The molecule has 22 heavy (non-hydrogen) atoms. The normalized spacial score (nSPS) is 12.9. The van der Waals surface area contributed by atoms with Gasteiger partial charge in [-0.15, -0.1) is 0 Å². The highest BCUT2D eigenvalue weighted by atomic mass is 32.1. The monoisotopic (exact) mass is 324 g/mol. The number of carboxylic acids is 2. The fraction of sp³-hybridized carbons (Fsp3) is 0.529. The second kappa shape index (κ2) is 7.68. The molecule has 2 N–H and O–H groups in total. The van der Waals surface area contributed by atoms with Crippen molar-refractivity contribution >= 4 is 24.6 Å². The van der Waals surface area contributed by atoms with Crippen LogP contribution in [0.5, 0.6) is 0 Å². The van der Waals surface area contributed by atoms with Crippen LogP contribution >= 0.6 is 12.6 Å². The number of aliphatic carboxylic acids is 1. The first-order chi connectivity index (χ1) is 10.2. The van der Waals surface area contributed by atoms with Gasteiger partial charge in [-0.3, -0.25) is 4.79 Å². The van der Waals surface area contributed by atoms with Gasteiger partial charge in [0.05, 0.1) is 11.5 Å². The van der Waals surface area contributed by atoms with Gasteiger partial charge in [0, 0.05) is 0 Å².